The van der Waals surface area contributed by atoms with Crippen LogP contribution in [-0.4, -0.2) is 35.2 Å². The lowest BCUT2D eigenvalue weighted by molar-refractivity contribution is 0.101. The molecule has 0 aliphatic carbocycles. The zero-order valence-electron chi connectivity index (χ0n) is 15.1. The molecule has 0 unspecified atom stereocenters. The average molecular weight is 404 g/mol. The first-order valence-corrected chi connectivity index (χ1v) is 9.45. The van der Waals surface area contributed by atoms with Crippen molar-refractivity contribution < 1.29 is 14.3 Å². The third-order valence-corrected chi connectivity index (χ3v) is 5.06. The Labute approximate surface area is 166 Å². The molecule has 0 spiro atoms. The normalized spacial score (nSPS) is 10.7. The van der Waals surface area contributed by atoms with Gasteiger partial charge in [0.05, 0.1) is 19.8 Å². The van der Waals surface area contributed by atoms with Crippen molar-refractivity contribution in [3.05, 3.63) is 52.5 Å². The van der Waals surface area contributed by atoms with Gasteiger partial charge in [0.25, 0.3) is 0 Å². The highest BCUT2D eigenvalue weighted by Gasteiger charge is 2.14. The summed E-state index contributed by atoms with van der Waals surface area (Å²) in [6, 6.07) is 10.7. The number of nitrogens with one attached hydrogen (secondary N) is 1. The number of nitrogens with zero attached hydrogens (tertiary/aromatic N) is 2. The minimum absolute atomic E-state index is 0.0112. The molecule has 0 fully saturated rings. The van der Waals surface area contributed by atoms with Crippen molar-refractivity contribution in [1.29, 1.82) is 0 Å². The molecule has 0 atom stereocenters. The van der Waals surface area contributed by atoms with Crippen molar-refractivity contribution in [1.82, 2.24) is 15.2 Å². The molecule has 8 heteroatoms. The van der Waals surface area contributed by atoms with Crippen molar-refractivity contribution in [2.24, 2.45) is 0 Å². The third-order valence-electron chi connectivity index (χ3n) is 3.93. The molecule has 3 rings (SSSR count). The fourth-order valence-electron chi connectivity index (χ4n) is 2.55. The van der Waals surface area contributed by atoms with Gasteiger partial charge in [-0.1, -0.05) is 23.4 Å². The zero-order chi connectivity index (χ0) is 19.4. The van der Waals surface area contributed by atoms with Crippen LogP contribution in [0.15, 0.2) is 41.6 Å². The molecule has 1 N–H and O–H groups in total. The summed E-state index contributed by atoms with van der Waals surface area (Å²) in [5.41, 5.74) is 2.29. The molecule has 27 heavy (non-hydrogen) atoms. The van der Waals surface area contributed by atoms with Crippen LogP contribution in [0.3, 0.4) is 0 Å². The van der Waals surface area contributed by atoms with Crippen molar-refractivity contribution in [2.45, 2.75) is 17.8 Å². The Balaban J connectivity index is 1.80. The van der Waals surface area contributed by atoms with E-state index in [-0.39, 0.29) is 5.78 Å². The number of benzene rings is 2. The van der Waals surface area contributed by atoms with Gasteiger partial charge in [0.2, 0.25) is 5.16 Å². The van der Waals surface area contributed by atoms with Crippen LogP contribution in [0.1, 0.15) is 22.8 Å². The van der Waals surface area contributed by atoms with Crippen molar-refractivity contribution in [3.8, 4) is 22.9 Å². The molecular formula is C19H18ClN3O3S. The lowest BCUT2D eigenvalue weighted by Crippen LogP contribution is -1.97. The highest BCUT2D eigenvalue weighted by atomic mass is 35.5. The van der Waals surface area contributed by atoms with Crippen molar-refractivity contribution >= 4 is 29.1 Å². The minimum Gasteiger partial charge on any atom is -0.496 e. The molecule has 6 nitrogen and oxygen atoms in total. The topological polar surface area (TPSA) is 77.1 Å². The van der Waals surface area contributed by atoms with Gasteiger partial charge in [0.15, 0.2) is 11.6 Å². The van der Waals surface area contributed by atoms with Gasteiger partial charge in [0, 0.05) is 21.9 Å². The van der Waals surface area contributed by atoms with Gasteiger partial charge < -0.3 is 9.47 Å². The molecule has 0 bridgehead atoms. The van der Waals surface area contributed by atoms with Gasteiger partial charge in [-0.25, -0.2) is 4.98 Å². The summed E-state index contributed by atoms with van der Waals surface area (Å²) in [6.45, 7) is 1.54. The van der Waals surface area contributed by atoms with E-state index in [4.69, 9.17) is 21.1 Å². The number of Topliss-reactive ketones (excluding diaryl/α,β-unsaturated/α-hetero) is 1. The fraction of sp³-hybridized carbons (Fsp3) is 0.211. The maximum atomic E-state index is 11.6. The second-order valence-corrected chi connectivity index (χ2v) is 7.06. The van der Waals surface area contributed by atoms with Crippen LogP contribution in [-0.2, 0) is 5.75 Å². The average Bonchev–Trinajstić information content (AvgIpc) is 3.14. The van der Waals surface area contributed by atoms with E-state index in [2.05, 4.69) is 15.2 Å². The maximum absolute atomic E-state index is 11.6. The maximum Gasteiger partial charge on any atom is 0.209 e. The summed E-state index contributed by atoms with van der Waals surface area (Å²) >= 11 is 7.52. The molecular weight excluding hydrogens is 386 g/mol. The molecule has 1 heterocycles. The van der Waals surface area contributed by atoms with Crippen LogP contribution in [0.4, 0.5) is 0 Å². The van der Waals surface area contributed by atoms with Gasteiger partial charge in [0.1, 0.15) is 11.5 Å². The van der Waals surface area contributed by atoms with E-state index in [1.54, 1.807) is 51.5 Å². The predicted octanol–water partition coefficient (Wildman–Crippen LogP) is 4.64. The van der Waals surface area contributed by atoms with E-state index < -0.39 is 0 Å². The van der Waals surface area contributed by atoms with Gasteiger partial charge in [-0.2, -0.15) is 0 Å². The first-order chi connectivity index (χ1) is 13.0. The van der Waals surface area contributed by atoms with Crippen LogP contribution in [0.25, 0.3) is 11.4 Å². The number of H-pyrrole nitrogens is 1. The first kappa shape index (κ1) is 19.3. The number of halogens is 1. The Morgan fingerprint density at radius 1 is 1.15 bits per heavy atom. The number of rotatable bonds is 7. The molecule has 0 saturated carbocycles. The molecule has 140 valence electrons. The van der Waals surface area contributed by atoms with Crippen molar-refractivity contribution in [2.75, 3.05) is 14.2 Å². The first-order valence-electron chi connectivity index (χ1n) is 8.08. The summed E-state index contributed by atoms with van der Waals surface area (Å²) in [5, 5.41) is 8.32. The largest absolute Gasteiger partial charge is 0.496 e. The smallest absolute Gasteiger partial charge is 0.209 e. The molecule has 0 aliphatic heterocycles. The number of methoxy groups -OCH3 is 2. The van der Waals surface area contributed by atoms with Crippen LogP contribution in [0.5, 0.6) is 11.5 Å². The number of carbonyl (C=O) groups excluding carboxylic acids is 1. The van der Waals surface area contributed by atoms with Crippen LogP contribution < -0.4 is 9.47 Å². The second-order valence-electron chi connectivity index (χ2n) is 5.68. The highest BCUT2D eigenvalue weighted by Crippen LogP contribution is 2.32. The van der Waals surface area contributed by atoms with E-state index in [9.17, 15) is 4.79 Å². The number of hydrogen-bond donors (Lipinski definition) is 1. The highest BCUT2D eigenvalue weighted by molar-refractivity contribution is 7.98. The molecule has 3 aromatic rings. The zero-order valence-corrected chi connectivity index (χ0v) is 16.6. The Morgan fingerprint density at radius 3 is 2.59 bits per heavy atom. The van der Waals surface area contributed by atoms with Gasteiger partial charge in [-0.3, -0.25) is 9.89 Å². The molecule has 0 amide bonds. The van der Waals surface area contributed by atoms with Crippen LogP contribution >= 0.6 is 23.4 Å². The summed E-state index contributed by atoms with van der Waals surface area (Å²) in [7, 11) is 3.19. The molecule has 0 saturated heterocycles. The Morgan fingerprint density at radius 2 is 1.89 bits per heavy atom. The number of ether oxygens (including phenoxy) is 2. The van der Waals surface area contributed by atoms with Gasteiger partial charge >= 0.3 is 0 Å². The van der Waals surface area contributed by atoms with Crippen molar-refractivity contribution in [3.63, 3.8) is 0 Å². The van der Waals surface area contributed by atoms with E-state index in [1.165, 1.54) is 11.8 Å². The van der Waals surface area contributed by atoms with E-state index in [1.807, 2.05) is 6.07 Å². The predicted molar refractivity (Wildman–Crippen MR) is 106 cm³/mol. The number of hydrogen-bond acceptors (Lipinski definition) is 6. The fourth-order valence-corrected chi connectivity index (χ4v) is 3.50. The third kappa shape index (κ3) is 4.43. The molecule has 0 aliphatic rings. The molecule has 2 aromatic carbocycles. The Hall–Kier alpha value is -2.51. The van der Waals surface area contributed by atoms with Crippen LogP contribution in [0, 0.1) is 0 Å². The second kappa shape index (κ2) is 8.45. The lowest BCUT2D eigenvalue weighted by Gasteiger charge is -2.08. The SMILES string of the molecule is COc1ccc(C(C)=O)cc1CSc1n[nH]c(-c2cc(Cl)ccc2OC)n1. The molecule has 0 radical (unpaired) electrons. The monoisotopic (exact) mass is 403 g/mol. The number of carbonyl (C=O) groups is 1. The Kier molecular flexibility index (Phi) is 6.03. The number of aromatic nitrogens is 3. The summed E-state index contributed by atoms with van der Waals surface area (Å²) in [4.78, 5) is 16.1. The van der Waals surface area contributed by atoms with E-state index >= 15 is 0 Å². The summed E-state index contributed by atoms with van der Waals surface area (Å²) in [5.74, 6) is 2.52. The number of thioether (sulfide) groups is 1. The van der Waals surface area contributed by atoms with E-state index in [0.717, 1.165) is 16.9 Å². The lowest BCUT2D eigenvalue weighted by atomic mass is 10.1. The Bertz CT molecular complexity index is 975. The van der Waals surface area contributed by atoms with Crippen LogP contribution in [0.2, 0.25) is 5.02 Å². The van der Waals surface area contributed by atoms with E-state index in [0.29, 0.717) is 33.1 Å². The standard InChI is InChI=1S/C19H18ClN3O3S/c1-11(24)12-4-6-16(25-2)13(8-12)10-27-19-21-18(22-23-19)15-9-14(20)5-7-17(15)26-3/h4-9H,10H2,1-3H3,(H,21,22,23). The number of aromatic amines is 1. The number of ketones is 1. The summed E-state index contributed by atoms with van der Waals surface area (Å²) < 4.78 is 10.7. The molecule has 1 aromatic heterocycles. The summed E-state index contributed by atoms with van der Waals surface area (Å²) in [6.07, 6.45) is 0. The minimum atomic E-state index is 0.0112. The van der Waals surface area contributed by atoms with Gasteiger partial charge in [-0.15, -0.1) is 5.10 Å². The van der Waals surface area contributed by atoms with Gasteiger partial charge in [-0.05, 0) is 43.3 Å². The quantitative estimate of drug-likeness (QED) is 0.457.